The van der Waals surface area contributed by atoms with Crippen LogP contribution in [0.5, 0.6) is 0 Å². The summed E-state index contributed by atoms with van der Waals surface area (Å²) < 4.78 is 1.95. The maximum absolute atomic E-state index is 9.06. The molecule has 0 bridgehead atoms. The van der Waals surface area contributed by atoms with Crippen LogP contribution in [-0.4, -0.2) is 4.57 Å². The number of nitriles is 2. The van der Waals surface area contributed by atoms with Gasteiger partial charge in [-0.25, -0.2) is 0 Å². The second-order valence-corrected chi connectivity index (χ2v) is 3.49. The zero-order chi connectivity index (χ0) is 11.5. The second kappa shape index (κ2) is 3.92. The molecule has 0 radical (unpaired) electrons. The Bertz CT molecular complexity index is 609. The van der Waals surface area contributed by atoms with Crippen LogP contribution in [0.4, 0.5) is 0 Å². The van der Waals surface area contributed by atoms with Crippen molar-refractivity contribution in [2.75, 3.05) is 0 Å². The molecule has 2 rings (SSSR count). The van der Waals surface area contributed by atoms with Gasteiger partial charge in [0.2, 0.25) is 0 Å². The number of benzene rings is 1. The van der Waals surface area contributed by atoms with E-state index in [9.17, 15) is 0 Å². The van der Waals surface area contributed by atoms with Crippen molar-refractivity contribution in [3.8, 4) is 23.4 Å². The van der Waals surface area contributed by atoms with E-state index in [4.69, 9.17) is 10.5 Å². The molecule has 0 spiro atoms. The van der Waals surface area contributed by atoms with Crippen LogP contribution in [0.2, 0.25) is 0 Å². The molecule has 3 heteroatoms. The van der Waals surface area contributed by atoms with Gasteiger partial charge in [-0.1, -0.05) is 6.07 Å². The van der Waals surface area contributed by atoms with E-state index in [1.807, 2.05) is 42.1 Å². The van der Waals surface area contributed by atoms with E-state index < -0.39 is 0 Å². The van der Waals surface area contributed by atoms with Gasteiger partial charge in [-0.05, 0) is 24.3 Å². The van der Waals surface area contributed by atoms with E-state index in [1.165, 1.54) is 0 Å². The maximum Gasteiger partial charge on any atom is 0.0999 e. The first kappa shape index (κ1) is 10.0. The highest BCUT2D eigenvalue weighted by Crippen LogP contribution is 2.24. The van der Waals surface area contributed by atoms with Crippen molar-refractivity contribution in [2.45, 2.75) is 0 Å². The third kappa shape index (κ3) is 1.55. The highest BCUT2D eigenvalue weighted by Gasteiger charge is 2.08. The first-order valence-electron chi connectivity index (χ1n) is 4.82. The molecule has 1 aromatic carbocycles. The number of hydrogen-bond acceptors (Lipinski definition) is 2. The van der Waals surface area contributed by atoms with Gasteiger partial charge in [0.05, 0.1) is 23.3 Å². The minimum absolute atomic E-state index is 0.509. The Morgan fingerprint density at radius 2 is 1.94 bits per heavy atom. The van der Waals surface area contributed by atoms with Crippen molar-refractivity contribution < 1.29 is 0 Å². The number of aromatic nitrogens is 1. The normalized spacial score (nSPS) is 9.44. The Kier molecular flexibility index (Phi) is 2.45. The van der Waals surface area contributed by atoms with Crippen LogP contribution in [0, 0.1) is 22.7 Å². The van der Waals surface area contributed by atoms with Gasteiger partial charge in [0.25, 0.3) is 0 Å². The van der Waals surface area contributed by atoms with Crippen molar-refractivity contribution in [3.63, 3.8) is 0 Å². The minimum atomic E-state index is 0.509. The molecule has 0 N–H and O–H groups in total. The smallest absolute Gasteiger partial charge is 0.0999 e. The molecule has 1 aromatic heterocycles. The van der Waals surface area contributed by atoms with Gasteiger partial charge >= 0.3 is 0 Å². The van der Waals surface area contributed by atoms with Crippen LogP contribution < -0.4 is 0 Å². The highest BCUT2D eigenvalue weighted by molar-refractivity contribution is 5.69. The monoisotopic (exact) mass is 207 g/mol. The number of hydrogen-bond donors (Lipinski definition) is 0. The van der Waals surface area contributed by atoms with Crippen molar-refractivity contribution in [1.82, 2.24) is 4.57 Å². The van der Waals surface area contributed by atoms with E-state index in [0.29, 0.717) is 11.1 Å². The highest BCUT2D eigenvalue weighted by atomic mass is 14.9. The molecule has 0 aliphatic carbocycles. The quantitative estimate of drug-likeness (QED) is 0.721. The molecule has 2 aromatic rings. The summed E-state index contributed by atoms with van der Waals surface area (Å²) in [4.78, 5) is 0. The number of rotatable bonds is 1. The molecular weight excluding hydrogens is 198 g/mol. The maximum atomic E-state index is 9.06. The van der Waals surface area contributed by atoms with Crippen LogP contribution >= 0.6 is 0 Å². The predicted octanol–water partition coefficient (Wildman–Crippen LogP) is 2.44. The minimum Gasteiger partial charge on any atom is -0.351 e. The zero-order valence-corrected chi connectivity index (χ0v) is 8.81. The molecule has 76 valence electrons. The number of aryl methyl sites for hydroxylation is 1. The van der Waals surface area contributed by atoms with Crippen LogP contribution in [0.25, 0.3) is 11.3 Å². The van der Waals surface area contributed by atoms with E-state index in [0.717, 1.165) is 11.3 Å². The van der Waals surface area contributed by atoms with Crippen molar-refractivity contribution in [1.29, 1.82) is 10.5 Å². The van der Waals surface area contributed by atoms with Gasteiger partial charge in [0.15, 0.2) is 0 Å². The summed E-state index contributed by atoms with van der Waals surface area (Å²) in [6.45, 7) is 0. The Morgan fingerprint density at radius 3 is 2.50 bits per heavy atom. The Hall–Kier alpha value is -2.52. The first-order chi connectivity index (χ1) is 7.76. The van der Waals surface area contributed by atoms with Gasteiger partial charge in [-0.15, -0.1) is 0 Å². The summed E-state index contributed by atoms with van der Waals surface area (Å²) in [5, 5.41) is 17.8. The Labute approximate surface area is 93.8 Å². The lowest BCUT2D eigenvalue weighted by molar-refractivity contribution is 0.936. The van der Waals surface area contributed by atoms with Gasteiger partial charge in [-0.3, -0.25) is 0 Å². The largest absolute Gasteiger partial charge is 0.351 e. The average molecular weight is 207 g/mol. The predicted molar refractivity (Wildman–Crippen MR) is 60.3 cm³/mol. The summed E-state index contributed by atoms with van der Waals surface area (Å²) in [5.74, 6) is 0. The molecule has 3 nitrogen and oxygen atoms in total. The van der Waals surface area contributed by atoms with Gasteiger partial charge in [-0.2, -0.15) is 10.5 Å². The van der Waals surface area contributed by atoms with Crippen LogP contribution in [0.15, 0.2) is 36.5 Å². The summed E-state index contributed by atoms with van der Waals surface area (Å²) in [7, 11) is 1.93. The topological polar surface area (TPSA) is 52.5 Å². The van der Waals surface area contributed by atoms with E-state index in [1.54, 1.807) is 12.1 Å². The fraction of sp³-hybridized carbons (Fsp3) is 0.0769. The van der Waals surface area contributed by atoms with Gasteiger partial charge < -0.3 is 4.57 Å². The lowest BCUT2D eigenvalue weighted by atomic mass is 10.0. The fourth-order valence-electron chi connectivity index (χ4n) is 1.67. The molecule has 0 atom stereocenters. The molecule has 0 aliphatic rings. The lowest BCUT2D eigenvalue weighted by Gasteiger charge is -2.05. The van der Waals surface area contributed by atoms with Crippen molar-refractivity contribution >= 4 is 0 Å². The van der Waals surface area contributed by atoms with Crippen LogP contribution in [0.3, 0.4) is 0 Å². The molecule has 0 aliphatic heterocycles. The van der Waals surface area contributed by atoms with Gasteiger partial charge in [0.1, 0.15) is 0 Å². The van der Waals surface area contributed by atoms with Crippen molar-refractivity contribution in [3.05, 3.63) is 47.7 Å². The summed E-state index contributed by atoms with van der Waals surface area (Å²) >= 11 is 0. The summed E-state index contributed by atoms with van der Waals surface area (Å²) in [6.07, 6.45) is 1.93. The Morgan fingerprint density at radius 1 is 1.12 bits per heavy atom. The second-order valence-electron chi connectivity index (χ2n) is 3.49. The van der Waals surface area contributed by atoms with E-state index in [2.05, 4.69) is 6.07 Å². The molecule has 16 heavy (non-hydrogen) atoms. The molecule has 0 saturated heterocycles. The molecule has 0 unspecified atom stereocenters. The number of nitrogens with zero attached hydrogens (tertiary/aromatic N) is 3. The average Bonchev–Trinajstić information content (AvgIpc) is 2.74. The summed E-state index contributed by atoms with van der Waals surface area (Å²) in [5.41, 5.74) is 2.87. The Balaban J connectivity index is 2.64. The molecule has 0 saturated carbocycles. The zero-order valence-electron chi connectivity index (χ0n) is 8.81. The fourth-order valence-corrected chi connectivity index (χ4v) is 1.67. The molecular formula is C13H9N3. The van der Waals surface area contributed by atoms with Crippen molar-refractivity contribution in [2.24, 2.45) is 7.05 Å². The molecule has 1 heterocycles. The van der Waals surface area contributed by atoms with E-state index in [-0.39, 0.29) is 0 Å². The van der Waals surface area contributed by atoms with Crippen LogP contribution in [-0.2, 0) is 7.05 Å². The standard InChI is InChI=1S/C13H9N3/c1-16-6-2-3-13(16)12-5-4-10(8-14)7-11(12)9-15/h2-7H,1H3. The van der Waals surface area contributed by atoms with Crippen LogP contribution in [0.1, 0.15) is 11.1 Å². The summed E-state index contributed by atoms with van der Waals surface area (Å²) in [6, 6.07) is 13.2. The third-order valence-electron chi connectivity index (χ3n) is 2.49. The lowest BCUT2D eigenvalue weighted by Crippen LogP contribution is -1.92. The van der Waals surface area contributed by atoms with Gasteiger partial charge in [0, 0.05) is 24.5 Å². The SMILES string of the molecule is Cn1cccc1-c1ccc(C#N)cc1C#N. The third-order valence-corrected chi connectivity index (χ3v) is 2.49. The molecule has 0 fully saturated rings. The molecule has 0 amide bonds. The first-order valence-corrected chi connectivity index (χ1v) is 4.82. The van der Waals surface area contributed by atoms with E-state index >= 15 is 0 Å².